The van der Waals surface area contributed by atoms with Gasteiger partial charge in [-0.2, -0.15) is 10.2 Å². The molecule has 0 bridgehead atoms. The van der Waals surface area contributed by atoms with Crippen molar-refractivity contribution in [3.63, 3.8) is 0 Å². The lowest BCUT2D eigenvalue weighted by Gasteiger charge is -2.26. The van der Waals surface area contributed by atoms with Crippen LogP contribution in [0.5, 0.6) is 11.8 Å². The Hall–Kier alpha value is -3.18. The monoisotopic (exact) mass is 369 g/mol. The van der Waals surface area contributed by atoms with Crippen molar-refractivity contribution in [2.75, 3.05) is 6.61 Å². The van der Waals surface area contributed by atoms with Crippen molar-refractivity contribution in [3.8, 4) is 29.1 Å². The van der Waals surface area contributed by atoms with Crippen LogP contribution in [0.4, 0.5) is 4.79 Å². The van der Waals surface area contributed by atoms with Crippen molar-refractivity contribution >= 4 is 6.09 Å². The molecule has 8 nitrogen and oxygen atoms in total. The van der Waals surface area contributed by atoms with Crippen molar-refractivity contribution < 1.29 is 14.3 Å². The maximum absolute atomic E-state index is 10.8. The first-order valence-corrected chi connectivity index (χ1v) is 8.47. The molecule has 0 radical (unpaired) electrons. The Kier molecular flexibility index (Phi) is 6.32. The fourth-order valence-electron chi connectivity index (χ4n) is 2.78. The lowest BCUT2D eigenvalue weighted by Crippen LogP contribution is -2.43. The van der Waals surface area contributed by atoms with Crippen LogP contribution in [0.3, 0.4) is 0 Å². The van der Waals surface area contributed by atoms with Crippen molar-refractivity contribution in [1.29, 1.82) is 5.26 Å². The van der Waals surface area contributed by atoms with Gasteiger partial charge in [-0.3, -0.25) is 0 Å². The van der Waals surface area contributed by atoms with Crippen LogP contribution in [0.15, 0.2) is 30.5 Å². The maximum Gasteiger partial charge on any atom is 0.412 e. The van der Waals surface area contributed by atoms with Gasteiger partial charge in [0.1, 0.15) is 18.4 Å². The number of rotatable bonds is 7. The van der Waals surface area contributed by atoms with Gasteiger partial charge in [-0.1, -0.05) is 13.8 Å². The number of hydrogen-bond acceptors (Lipinski definition) is 7. The Balaban J connectivity index is 2.21. The molecule has 0 saturated heterocycles. The Morgan fingerprint density at radius 2 is 2.11 bits per heavy atom. The highest BCUT2D eigenvalue weighted by Gasteiger charge is 2.22. The molecule has 1 unspecified atom stereocenters. The molecular formula is C19H23N5O3. The van der Waals surface area contributed by atoms with Crippen LogP contribution in [0.1, 0.15) is 32.8 Å². The van der Waals surface area contributed by atoms with E-state index >= 15 is 0 Å². The molecular weight excluding hydrogens is 346 g/mol. The first-order valence-electron chi connectivity index (χ1n) is 8.47. The van der Waals surface area contributed by atoms with Crippen LogP contribution in [0.2, 0.25) is 0 Å². The van der Waals surface area contributed by atoms with E-state index in [1.54, 1.807) is 24.3 Å². The van der Waals surface area contributed by atoms with Crippen LogP contribution in [0, 0.1) is 17.2 Å². The molecule has 1 aromatic carbocycles. The maximum atomic E-state index is 10.8. The number of nitrogens with zero attached hydrogens (tertiary/aromatic N) is 3. The summed E-state index contributed by atoms with van der Waals surface area (Å²) in [6, 6.07) is 8.67. The van der Waals surface area contributed by atoms with E-state index in [4.69, 9.17) is 16.2 Å². The first kappa shape index (κ1) is 20.1. The fourth-order valence-corrected chi connectivity index (χ4v) is 2.78. The number of benzene rings is 1. The third-order valence-electron chi connectivity index (χ3n) is 3.65. The number of hydrogen-bond donors (Lipinski definition) is 2. The van der Waals surface area contributed by atoms with Crippen LogP contribution in [-0.4, -0.2) is 28.2 Å². The second kappa shape index (κ2) is 8.47. The van der Waals surface area contributed by atoms with Crippen LogP contribution < -0.4 is 20.9 Å². The van der Waals surface area contributed by atoms with E-state index in [0.29, 0.717) is 35.1 Å². The minimum atomic E-state index is -1.00. The number of nitrogens with two attached hydrogens (primary N) is 2. The fraction of sp³-hybridized carbons (Fsp3) is 0.368. The molecule has 0 aliphatic carbocycles. The van der Waals surface area contributed by atoms with Crippen LogP contribution >= 0.6 is 0 Å². The van der Waals surface area contributed by atoms with E-state index in [1.807, 2.05) is 6.92 Å². The molecule has 8 heteroatoms. The zero-order valence-corrected chi connectivity index (χ0v) is 15.6. The van der Waals surface area contributed by atoms with Gasteiger partial charge in [-0.25, -0.2) is 9.78 Å². The van der Waals surface area contributed by atoms with Crippen LogP contribution in [-0.2, 0) is 0 Å². The van der Waals surface area contributed by atoms with E-state index in [2.05, 4.69) is 34.6 Å². The first-order chi connectivity index (χ1) is 12.7. The SMILES string of the molecule is CC(C)CC(C)(N)COc1ccc(-c2ccnc(OC(N)=O)n2)cc1C#N. The highest BCUT2D eigenvalue weighted by atomic mass is 16.6. The predicted molar refractivity (Wildman–Crippen MR) is 99.9 cm³/mol. The van der Waals surface area contributed by atoms with Gasteiger partial charge < -0.3 is 20.9 Å². The van der Waals surface area contributed by atoms with Crippen LogP contribution in [0.25, 0.3) is 11.3 Å². The Bertz CT molecular complexity index is 859. The lowest BCUT2D eigenvalue weighted by atomic mass is 9.93. The van der Waals surface area contributed by atoms with Crippen molar-refractivity contribution in [3.05, 3.63) is 36.0 Å². The quantitative estimate of drug-likeness (QED) is 0.765. The standard InChI is InChI=1S/C19H23N5O3/c1-12(2)9-19(3,22)11-26-16-5-4-13(8-14(16)10-20)15-6-7-23-18(24-15)27-17(21)25/h4-8,12H,9,11,22H2,1-3H3,(H2,21,25). The lowest BCUT2D eigenvalue weighted by molar-refractivity contribution is 0.206. The summed E-state index contributed by atoms with van der Waals surface area (Å²) in [4.78, 5) is 18.7. The summed E-state index contributed by atoms with van der Waals surface area (Å²) >= 11 is 0. The van der Waals surface area contributed by atoms with Gasteiger partial charge >= 0.3 is 12.1 Å². The van der Waals surface area contributed by atoms with E-state index in [9.17, 15) is 10.1 Å². The summed E-state index contributed by atoms with van der Waals surface area (Å²) in [5.74, 6) is 0.889. The topological polar surface area (TPSA) is 137 Å². The highest BCUT2D eigenvalue weighted by molar-refractivity contribution is 5.68. The van der Waals surface area contributed by atoms with Crippen molar-refractivity contribution in [2.45, 2.75) is 32.7 Å². The molecule has 1 atom stereocenters. The molecule has 0 fully saturated rings. The molecule has 1 aromatic heterocycles. The second-order valence-electron chi connectivity index (χ2n) is 7.01. The molecule has 2 rings (SSSR count). The van der Waals surface area contributed by atoms with Gasteiger partial charge in [0.05, 0.1) is 11.3 Å². The van der Waals surface area contributed by atoms with Gasteiger partial charge in [-0.05, 0) is 43.5 Å². The van der Waals surface area contributed by atoms with Gasteiger partial charge in [0.25, 0.3) is 0 Å². The van der Waals surface area contributed by atoms with Gasteiger partial charge in [0.15, 0.2) is 0 Å². The number of primary amides is 1. The Labute approximate surface area is 158 Å². The molecule has 0 aliphatic rings. The number of nitriles is 1. The van der Waals surface area contributed by atoms with E-state index in [-0.39, 0.29) is 6.01 Å². The predicted octanol–water partition coefficient (Wildman–Crippen LogP) is 2.62. The summed E-state index contributed by atoms with van der Waals surface area (Å²) in [6.45, 7) is 6.41. The zero-order chi connectivity index (χ0) is 20.0. The van der Waals surface area contributed by atoms with E-state index < -0.39 is 11.6 Å². The number of carbonyl (C=O) groups is 1. The van der Waals surface area contributed by atoms with E-state index in [0.717, 1.165) is 6.42 Å². The average Bonchev–Trinajstić information content (AvgIpc) is 2.58. The average molecular weight is 369 g/mol. The summed E-state index contributed by atoms with van der Waals surface area (Å²) in [5.41, 5.74) is 12.2. The third-order valence-corrected chi connectivity index (χ3v) is 3.65. The molecule has 27 heavy (non-hydrogen) atoms. The van der Waals surface area contributed by atoms with Crippen molar-refractivity contribution in [2.24, 2.45) is 17.4 Å². The normalized spacial score (nSPS) is 12.9. The Morgan fingerprint density at radius 1 is 1.37 bits per heavy atom. The zero-order valence-electron chi connectivity index (χ0n) is 15.6. The minimum Gasteiger partial charge on any atom is -0.490 e. The highest BCUT2D eigenvalue weighted by Crippen LogP contribution is 2.27. The Morgan fingerprint density at radius 3 is 2.74 bits per heavy atom. The molecule has 0 aliphatic heterocycles. The number of ether oxygens (including phenoxy) is 2. The third kappa shape index (κ3) is 5.94. The summed E-state index contributed by atoms with van der Waals surface area (Å²) in [6.07, 6.45) is 1.24. The number of carbonyl (C=O) groups excluding carboxylic acids is 1. The van der Waals surface area contributed by atoms with Gasteiger partial charge in [0.2, 0.25) is 0 Å². The molecule has 0 saturated carbocycles. The molecule has 2 aromatic rings. The van der Waals surface area contributed by atoms with E-state index in [1.165, 1.54) is 6.20 Å². The second-order valence-corrected chi connectivity index (χ2v) is 7.01. The summed E-state index contributed by atoms with van der Waals surface area (Å²) in [5, 5.41) is 9.46. The molecule has 1 heterocycles. The molecule has 1 amide bonds. The van der Waals surface area contributed by atoms with Crippen molar-refractivity contribution in [1.82, 2.24) is 9.97 Å². The van der Waals surface area contributed by atoms with Gasteiger partial charge in [0, 0.05) is 17.3 Å². The molecule has 4 N–H and O–H groups in total. The largest absolute Gasteiger partial charge is 0.490 e. The van der Waals surface area contributed by atoms with Gasteiger partial charge in [-0.15, -0.1) is 0 Å². The molecule has 0 spiro atoms. The smallest absolute Gasteiger partial charge is 0.412 e. The summed E-state index contributed by atoms with van der Waals surface area (Å²) in [7, 11) is 0. The minimum absolute atomic E-state index is 0.161. The summed E-state index contributed by atoms with van der Waals surface area (Å²) < 4.78 is 10.5. The molecule has 142 valence electrons. The number of amides is 1. The number of aromatic nitrogens is 2.